The summed E-state index contributed by atoms with van der Waals surface area (Å²) in [6.45, 7) is 1.76. The van der Waals surface area contributed by atoms with Gasteiger partial charge in [-0.1, -0.05) is 12.2 Å². The summed E-state index contributed by atoms with van der Waals surface area (Å²) < 4.78 is 0. The van der Waals surface area contributed by atoms with Gasteiger partial charge in [0.2, 0.25) is 0 Å². The molecule has 0 spiro atoms. The van der Waals surface area contributed by atoms with Crippen molar-refractivity contribution in [3.8, 4) is 0 Å². The summed E-state index contributed by atoms with van der Waals surface area (Å²) in [5.74, 6) is -0.408. The van der Waals surface area contributed by atoms with Crippen LogP contribution in [0.5, 0.6) is 0 Å². The summed E-state index contributed by atoms with van der Waals surface area (Å²) in [5.41, 5.74) is 0. The number of hydrogen-bond acceptors (Lipinski definition) is 2. The van der Waals surface area contributed by atoms with Gasteiger partial charge in [-0.25, -0.2) is 0 Å². The number of aliphatic carboxylic acids is 1. The molecule has 0 aromatic heterocycles. The van der Waals surface area contributed by atoms with E-state index in [1.54, 1.807) is 0 Å². The molecule has 0 amide bonds. The molecule has 3 nitrogen and oxygen atoms in total. The fraction of sp³-hybridized carbons (Fsp3) is 0.667. The van der Waals surface area contributed by atoms with Crippen molar-refractivity contribution < 1.29 is 9.90 Å². The van der Waals surface area contributed by atoms with E-state index in [-0.39, 0.29) is 12.0 Å². The minimum atomic E-state index is -0.663. The maximum Gasteiger partial charge on any atom is 0.321 e. The largest absolute Gasteiger partial charge is 0.480 e. The molecule has 1 saturated heterocycles. The maximum atomic E-state index is 10.9. The lowest BCUT2D eigenvalue weighted by Gasteiger charge is -2.39. The second-order valence-corrected chi connectivity index (χ2v) is 3.51. The third-order valence-corrected chi connectivity index (χ3v) is 2.76. The molecule has 2 aliphatic rings. The van der Waals surface area contributed by atoms with Crippen LogP contribution in [0.2, 0.25) is 0 Å². The van der Waals surface area contributed by atoms with Crippen LogP contribution in [0, 0.1) is 5.92 Å². The smallest absolute Gasteiger partial charge is 0.321 e. The first-order valence-electron chi connectivity index (χ1n) is 4.42. The molecule has 2 aliphatic heterocycles. The van der Waals surface area contributed by atoms with E-state index in [1.807, 2.05) is 0 Å². The Bertz CT molecular complexity index is 225. The Labute approximate surface area is 71.7 Å². The highest BCUT2D eigenvalue weighted by Gasteiger charge is 2.36. The van der Waals surface area contributed by atoms with Gasteiger partial charge in [-0.2, -0.15) is 0 Å². The predicted molar refractivity (Wildman–Crippen MR) is 44.9 cm³/mol. The van der Waals surface area contributed by atoms with Gasteiger partial charge in [-0.05, 0) is 19.4 Å². The number of fused-ring (bicyclic) bond motifs is 2. The van der Waals surface area contributed by atoms with Gasteiger partial charge in [0.25, 0.3) is 0 Å². The Morgan fingerprint density at radius 3 is 3.00 bits per heavy atom. The van der Waals surface area contributed by atoms with Gasteiger partial charge in [0, 0.05) is 12.5 Å². The normalized spacial score (nSPS) is 39.5. The summed E-state index contributed by atoms with van der Waals surface area (Å²) in [5, 5.41) is 8.97. The first-order chi connectivity index (χ1) is 5.79. The number of rotatable bonds is 1. The molecule has 2 bridgehead atoms. The number of carboxylic acids is 1. The van der Waals surface area contributed by atoms with E-state index in [0.717, 1.165) is 25.9 Å². The third-order valence-electron chi connectivity index (χ3n) is 2.76. The molecule has 0 aliphatic carbocycles. The van der Waals surface area contributed by atoms with Crippen molar-refractivity contribution in [2.75, 3.05) is 13.1 Å². The molecule has 2 rings (SSSR count). The standard InChI is InChI=1S/C9H13NO2/c11-9(12)8-7-3-1-5-10(8)6-2-4-7/h1,3,7-8H,2,4-6H2,(H,11,12). The quantitative estimate of drug-likeness (QED) is 0.585. The van der Waals surface area contributed by atoms with E-state index in [9.17, 15) is 4.79 Å². The van der Waals surface area contributed by atoms with Crippen molar-refractivity contribution in [2.24, 2.45) is 5.92 Å². The highest BCUT2D eigenvalue weighted by atomic mass is 16.4. The number of carboxylic acid groups (broad SMARTS) is 1. The summed E-state index contributed by atoms with van der Waals surface area (Å²) >= 11 is 0. The van der Waals surface area contributed by atoms with Crippen LogP contribution < -0.4 is 0 Å². The molecule has 66 valence electrons. The van der Waals surface area contributed by atoms with Crippen LogP contribution in [0.4, 0.5) is 0 Å². The average Bonchev–Trinajstić information content (AvgIpc) is 2.02. The molecule has 12 heavy (non-hydrogen) atoms. The monoisotopic (exact) mass is 167 g/mol. The van der Waals surface area contributed by atoms with E-state index in [4.69, 9.17) is 5.11 Å². The fourth-order valence-electron chi connectivity index (χ4n) is 2.21. The lowest BCUT2D eigenvalue weighted by atomic mass is 9.86. The molecule has 1 fully saturated rings. The van der Waals surface area contributed by atoms with Crippen molar-refractivity contribution in [3.05, 3.63) is 12.2 Å². The maximum absolute atomic E-state index is 10.9. The molecule has 3 unspecified atom stereocenters. The predicted octanol–water partition coefficient (Wildman–Crippen LogP) is 0.721. The molecule has 2 heterocycles. The number of hydrogen-bond donors (Lipinski definition) is 1. The van der Waals surface area contributed by atoms with Gasteiger partial charge < -0.3 is 5.11 Å². The average molecular weight is 167 g/mol. The SMILES string of the molecule is O=C(O)C1C2C=CCN1CCC2. The Balaban J connectivity index is 2.22. The van der Waals surface area contributed by atoms with Crippen LogP contribution >= 0.6 is 0 Å². The number of carbonyl (C=O) groups is 1. The van der Waals surface area contributed by atoms with Crippen LogP contribution in [0.1, 0.15) is 12.8 Å². The summed E-state index contributed by atoms with van der Waals surface area (Å²) in [6.07, 6.45) is 6.32. The van der Waals surface area contributed by atoms with Crippen molar-refractivity contribution in [3.63, 3.8) is 0 Å². The zero-order valence-corrected chi connectivity index (χ0v) is 6.94. The van der Waals surface area contributed by atoms with Crippen LogP contribution in [-0.2, 0) is 4.79 Å². The van der Waals surface area contributed by atoms with Gasteiger partial charge >= 0.3 is 5.97 Å². The van der Waals surface area contributed by atoms with Crippen LogP contribution in [-0.4, -0.2) is 35.1 Å². The fourth-order valence-corrected chi connectivity index (χ4v) is 2.21. The van der Waals surface area contributed by atoms with Gasteiger partial charge in [0.05, 0.1) is 0 Å². The highest BCUT2D eigenvalue weighted by molar-refractivity contribution is 5.74. The minimum Gasteiger partial charge on any atom is -0.480 e. The van der Waals surface area contributed by atoms with Crippen LogP contribution in [0.15, 0.2) is 12.2 Å². The molecule has 0 aromatic carbocycles. The molecule has 1 N–H and O–H groups in total. The molecule has 0 saturated carbocycles. The molecule has 3 heteroatoms. The Morgan fingerprint density at radius 1 is 1.58 bits per heavy atom. The topological polar surface area (TPSA) is 40.5 Å². The minimum absolute atomic E-state index is 0.247. The summed E-state index contributed by atoms with van der Waals surface area (Å²) in [6, 6.07) is -0.247. The summed E-state index contributed by atoms with van der Waals surface area (Å²) in [7, 11) is 0. The molecule has 0 radical (unpaired) electrons. The molecular formula is C9H13NO2. The van der Waals surface area contributed by atoms with Crippen molar-refractivity contribution in [1.82, 2.24) is 4.90 Å². The zero-order valence-electron chi connectivity index (χ0n) is 6.94. The second-order valence-electron chi connectivity index (χ2n) is 3.51. The first kappa shape index (κ1) is 7.80. The van der Waals surface area contributed by atoms with E-state index in [1.165, 1.54) is 0 Å². The second kappa shape index (κ2) is 2.90. The Morgan fingerprint density at radius 2 is 2.42 bits per heavy atom. The third kappa shape index (κ3) is 1.14. The van der Waals surface area contributed by atoms with Gasteiger partial charge in [0.15, 0.2) is 0 Å². The lowest BCUT2D eigenvalue weighted by Crippen LogP contribution is -2.51. The van der Waals surface area contributed by atoms with Gasteiger partial charge in [0.1, 0.15) is 6.04 Å². The van der Waals surface area contributed by atoms with Crippen molar-refractivity contribution >= 4 is 5.97 Å². The van der Waals surface area contributed by atoms with E-state index < -0.39 is 5.97 Å². The van der Waals surface area contributed by atoms with E-state index >= 15 is 0 Å². The zero-order chi connectivity index (χ0) is 8.55. The van der Waals surface area contributed by atoms with E-state index in [2.05, 4.69) is 17.1 Å². The van der Waals surface area contributed by atoms with Gasteiger partial charge in [-0.3, -0.25) is 9.69 Å². The first-order valence-corrected chi connectivity index (χ1v) is 4.42. The Hall–Kier alpha value is -0.830. The molecular weight excluding hydrogens is 154 g/mol. The summed E-state index contributed by atoms with van der Waals surface area (Å²) in [4.78, 5) is 12.9. The van der Waals surface area contributed by atoms with Crippen molar-refractivity contribution in [2.45, 2.75) is 18.9 Å². The lowest BCUT2D eigenvalue weighted by molar-refractivity contribution is -0.146. The molecule has 3 atom stereocenters. The van der Waals surface area contributed by atoms with E-state index in [0.29, 0.717) is 0 Å². The van der Waals surface area contributed by atoms with Crippen LogP contribution in [0.25, 0.3) is 0 Å². The number of piperidine rings is 1. The molecule has 0 aromatic rings. The van der Waals surface area contributed by atoms with Gasteiger partial charge in [-0.15, -0.1) is 0 Å². The highest BCUT2D eigenvalue weighted by Crippen LogP contribution is 2.27. The van der Waals surface area contributed by atoms with Crippen LogP contribution in [0.3, 0.4) is 0 Å². The van der Waals surface area contributed by atoms with Crippen molar-refractivity contribution in [1.29, 1.82) is 0 Å². The number of nitrogens with zero attached hydrogens (tertiary/aromatic N) is 1. The Kier molecular flexibility index (Phi) is 1.89.